The molecule has 0 heterocycles. The second-order valence-corrected chi connectivity index (χ2v) is 6.07. The minimum absolute atomic E-state index is 0.124. The molecule has 22 heavy (non-hydrogen) atoms. The average Bonchev–Trinajstić information content (AvgIpc) is 2.36. The Morgan fingerprint density at radius 2 is 1.82 bits per heavy atom. The summed E-state index contributed by atoms with van der Waals surface area (Å²) >= 11 is 0. The molecule has 1 aromatic rings. The number of carbonyl (C=O) groups is 1. The van der Waals surface area contributed by atoms with Crippen LogP contribution in [-0.4, -0.2) is 23.8 Å². The average molecular weight is 318 g/mol. The van der Waals surface area contributed by atoms with E-state index in [-0.39, 0.29) is 23.8 Å². The van der Waals surface area contributed by atoms with Gasteiger partial charge in [-0.05, 0) is 24.0 Å². The summed E-state index contributed by atoms with van der Waals surface area (Å²) in [4.78, 5) is 12.0. The SMILES string of the molecule is CC(C)(C)C(CCO)NC(=O)Nc1ccccc1C(F)(F)F. The maximum atomic E-state index is 12.9. The Kier molecular flexibility index (Phi) is 5.82. The largest absolute Gasteiger partial charge is 0.418 e. The van der Waals surface area contributed by atoms with Crippen LogP contribution in [-0.2, 0) is 6.18 Å². The van der Waals surface area contributed by atoms with E-state index in [0.717, 1.165) is 6.07 Å². The smallest absolute Gasteiger partial charge is 0.396 e. The Morgan fingerprint density at radius 3 is 2.32 bits per heavy atom. The highest BCUT2D eigenvalue weighted by Gasteiger charge is 2.34. The lowest BCUT2D eigenvalue weighted by atomic mass is 9.85. The van der Waals surface area contributed by atoms with Gasteiger partial charge in [-0.15, -0.1) is 0 Å². The molecule has 7 heteroatoms. The number of alkyl halides is 3. The molecule has 0 aliphatic rings. The van der Waals surface area contributed by atoms with Crippen LogP contribution in [0.3, 0.4) is 0 Å². The van der Waals surface area contributed by atoms with Crippen LogP contribution in [0, 0.1) is 5.41 Å². The van der Waals surface area contributed by atoms with Crippen LogP contribution in [0.25, 0.3) is 0 Å². The van der Waals surface area contributed by atoms with Gasteiger partial charge >= 0.3 is 12.2 Å². The fourth-order valence-corrected chi connectivity index (χ4v) is 2.01. The lowest BCUT2D eigenvalue weighted by Gasteiger charge is -2.31. The van der Waals surface area contributed by atoms with Crippen molar-refractivity contribution in [2.45, 2.75) is 39.4 Å². The van der Waals surface area contributed by atoms with Crippen molar-refractivity contribution >= 4 is 11.7 Å². The maximum absolute atomic E-state index is 12.9. The molecular weight excluding hydrogens is 297 g/mol. The molecule has 1 unspecified atom stereocenters. The molecular formula is C15H21F3N2O2. The molecule has 1 rings (SSSR count). The Balaban J connectivity index is 2.85. The number of anilines is 1. The summed E-state index contributed by atoms with van der Waals surface area (Å²) < 4.78 is 38.6. The van der Waals surface area contributed by atoms with Crippen molar-refractivity contribution in [2.75, 3.05) is 11.9 Å². The molecule has 0 bridgehead atoms. The molecule has 0 aromatic heterocycles. The number of aliphatic hydroxyl groups is 1. The highest BCUT2D eigenvalue weighted by atomic mass is 19.4. The minimum Gasteiger partial charge on any atom is -0.396 e. The number of hydrogen-bond acceptors (Lipinski definition) is 2. The van der Waals surface area contributed by atoms with Crippen LogP contribution in [0.2, 0.25) is 0 Å². The van der Waals surface area contributed by atoms with Gasteiger partial charge in [0.05, 0.1) is 11.3 Å². The van der Waals surface area contributed by atoms with Gasteiger partial charge in [0, 0.05) is 12.6 Å². The lowest BCUT2D eigenvalue weighted by Crippen LogP contribution is -2.46. The van der Waals surface area contributed by atoms with E-state index in [1.165, 1.54) is 18.2 Å². The van der Waals surface area contributed by atoms with Crippen LogP contribution >= 0.6 is 0 Å². The van der Waals surface area contributed by atoms with E-state index < -0.39 is 17.8 Å². The van der Waals surface area contributed by atoms with Crippen molar-refractivity contribution in [3.63, 3.8) is 0 Å². The standard InChI is InChI=1S/C15H21F3N2O2/c1-14(2,3)12(8-9-21)20-13(22)19-11-7-5-4-6-10(11)15(16,17)18/h4-7,12,21H,8-9H2,1-3H3,(H2,19,20,22). The second-order valence-electron chi connectivity index (χ2n) is 6.07. The molecule has 3 N–H and O–H groups in total. The summed E-state index contributed by atoms with van der Waals surface area (Å²) in [6.07, 6.45) is -4.23. The molecule has 1 atom stereocenters. The van der Waals surface area contributed by atoms with Gasteiger partial charge < -0.3 is 15.7 Å². The fraction of sp³-hybridized carbons (Fsp3) is 0.533. The van der Waals surface area contributed by atoms with Gasteiger partial charge in [-0.3, -0.25) is 0 Å². The molecule has 0 saturated heterocycles. The van der Waals surface area contributed by atoms with Crippen molar-refractivity contribution in [2.24, 2.45) is 5.41 Å². The highest BCUT2D eigenvalue weighted by molar-refractivity contribution is 5.90. The number of carbonyl (C=O) groups excluding carboxylic acids is 1. The van der Waals surface area contributed by atoms with Crippen LogP contribution in [0.15, 0.2) is 24.3 Å². The van der Waals surface area contributed by atoms with Gasteiger partial charge in [-0.1, -0.05) is 32.9 Å². The fourth-order valence-electron chi connectivity index (χ4n) is 2.01. The number of halogens is 3. The Labute approximate surface area is 127 Å². The first-order valence-electron chi connectivity index (χ1n) is 6.90. The van der Waals surface area contributed by atoms with Crippen molar-refractivity contribution in [1.29, 1.82) is 0 Å². The van der Waals surface area contributed by atoms with Crippen molar-refractivity contribution < 1.29 is 23.1 Å². The van der Waals surface area contributed by atoms with Crippen LogP contribution in [0.4, 0.5) is 23.7 Å². The van der Waals surface area contributed by atoms with E-state index in [9.17, 15) is 18.0 Å². The van der Waals surface area contributed by atoms with Crippen molar-refractivity contribution in [3.8, 4) is 0 Å². The van der Waals surface area contributed by atoms with Gasteiger partial charge in [-0.2, -0.15) is 13.2 Å². The normalized spacial score (nSPS) is 13.6. The van der Waals surface area contributed by atoms with Gasteiger partial charge in [0.25, 0.3) is 0 Å². The summed E-state index contributed by atoms with van der Waals surface area (Å²) in [5.74, 6) is 0. The second kappa shape index (κ2) is 7.00. The highest BCUT2D eigenvalue weighted by Crippen LogP contribution is 2.34. The van der Waals surface area contributed by atoms with E-state index >= 15 is 0 Å². The molecule has 0 spiro atoms. The quantitative estimate of drug-likeness (QED) is 0.794. The van der Waals surface area contributed by atoms with Crippen LogP contribution in [0.5, 0.6) is 0 Å². The summed E-state index contributed by atoms with van der Waals surface area (Å²) in [6, 6.07) is 3.68. The third-order valence-electron chi connectivity index (χ3n) is 3.25. The number of amides is 2. The van der Waals surface area contributed by atoms with E-state index in [4.69, 9.17) is 5.11 Å². The van der Waals surface area contributed by atoms with Gasteiger partial charge in [0.15, 0.2) is 0 Å². The predicted octanol–water partition coefficient (Wildman–Crippen LogP) is 3.62. The number of hydrogen-bond donors (Lipinski definition) is 3. The van der Waals surface area contributed by atoms with Gasteiger partial charge in [-0.25, -0.2) is 4.79 Å². The number of aliphatic hydroxyl groups excluding tert-OH is 1. The number of para-hydroxylation sites is 1. The third-order valence-corrected chi connectivity index (χ3v) is 3.25. The zero-order valence-corrected chi connectivity index (χ0v) is 12.8. The molecule has 124 valence electrons. The van der Waals surface area contributed by atoms with E-state index in [0.29, 0.717) is 6.42 Å². The summed E-state index contributed by atoms with van der Waals surface area (Å²) in [6.45, 7) is 5.49. The predicted molar refractivity (Wildman–Crippen MR) is 78.5 cm³/mol. The zero-order chi connectivity index (χ0) is 17.0. The first-order valence-corrected chi connectivity index (χ1v) is 6.90. The molecule has 1 aromatic carbocycles. The van der Waals surface area contributed by atoms with E-state index in [1.807, 2.05) is 20.8 Å². The molecule has 0 radical (unpaired) electrons. The topological polar surface area (TPSA) is 61.4 Å². The lowest BCUT2D eigenvalue weighted by molar-refractivity contribution is -0.136. The molecule has 4 nitrogen and oxygen atoms in total. The van der Waals surface area contributed by atoms with E-state index in [1.54, 1.807) is 0 Å². The third kappa shape index (κ3) is 5.22. The summed E-state index contributed by atoms with van der Waals surface area (Å²) in [7, 11) is 0. The van der Waals surface area contributed by atoms with Crippen LogP contribution in [0.1, 0.15) is 32.8 Å². The Morgan fingerprint density at radius 1 is 1.23 bits per heavy atom. The number of rotatable bonds is 4. The van der Waals surface area contributed by atoms with Gasteiger partial charge in [0.1, 0.15) is 0 Å². The van der Waals surface area contributed by atoms with Crippen molar-refractivity contribution in [1.82, 2.24) is 5.32 Å². The van der Waals surface area contributed by atoms with E-state index in [2.05, 4.69) is 10.6 Å². The minimum atomic E-state index is -4.54. The van der Waals surface area contributed by atoms with Crippen LogP contribution < -0.4 is 10.6 Å². The Bertz CT molecular complexity index is 510. The molecule has 2 amide bonds. The number of urea groups is 1. The molecule has 0 aliphatic heterocycles. The number of nitrogens with one attached hydrogen (secondary N) is 2. The molecule has 0 fully saturated rings. The molecule has 0 saturated carbocycles. The van der Waals surface area contributed by atoms with Gasteiger partial charge in [0.2, 0.25) is 0 Å². The monoisotopic (exact) mass is 318 g/mol. The first-order chi connectivity index (χ1) is 10.1. The summed E-state index contributed by atoms with van der Waals surface area (Å²) in [5.41, 5.74) is -1.53. The maximum Gasteiger partial charge on any atom is 0.418 e. The number of benzene rings is 1. The zero-order valence-electron chi connectivity index (χ0n) is 12.8. The van der Waals surface area contributed by atoms with Crippen molar-refractivity contribution in [3.05, 3.63) is 29.8 Å². The molecule has 0 aliphatic carbocycles. The Hall–Kier alpha value is -1.76. The summed E-state index contributed by atoms with van der Waals surface area (Å²) in [5, 5.41) is 13.9. The first kappa shape index (κ1) is 18.3.